The normalized spacial score (nSPS) is 17.8. The maximum atomic E-state index is 10.9. The molecule has 0 aromatic heterocycles. The van der Waals surface area contributed by atoms with Gasteiger partial charge in [-0.1, -0.05) is 0 Å². The van der Waals surface area contributed by atoms with Gasteiger partial charge in [0.15, 0.2) is 5.66 Å². The minimum absolute atomic E-state index is 0.0530. The summed E-state index contributed by atoms with van der Waals surface area (Å²) >= 11 is 0. The predicted octanol–water partition coefficient (Wildman–Crippen LogP) is 1.28. The molecular formula is C19H16N2O6. The van der Waals surface area contributed by atoms with Crippen molar-refractivity contribution in [1.82, 2.24) is 0 Å². The van der Waals surface area contributed by atoms with Gasteiger partial charge in [-0.2, -0.15) is 0 Å². The summed E-state index contributed by atoms with van der Waals surface area (Å²) in [5, 5.41) is 53.0. The highest BCUT2D eigenvalue weighted by molar-refractivity contribution is 6.16. The number of phenolic OH excluding ortho intramolecular Hbond substituents is 5. The van der Waals surface area contributed by atoms with E-state index in [0.29, 0.717) is 36.8 Å². The summed E-state index contributed by atoms with van der Waals surface area (Å²) in [6, 6.07) is 3.80. The molecule has 2 aliphatic heterocycles. The van der Waals surface area contributed by atoms with Gasteiger partial charge in [0.25, 0.3) is 0 Å². The van der Waals surface area contributed by atoms with Gasteiger partial charge in [0.1, 0.15) is 28.7 Å². The van der Waals surface area contributed by atoms with Gasteiger partial charge in [-0.3, -0.25) is 9.98 Å². The van der Waals surface area contributed by atoms with E-state index in [1.165, 1.54) is 18.2 Å². The zero-order valence-electron chi connectivity index (χ0n) is 14.1. The van der Waals surface area contributed by atoms with Crippen molar-refractivity contribution in [1.29, 1.82) is 0 Å². The zero-order chi connectivity index (χ0) is 18.9. The van der Waals surface area contributed by atoms with E-state index in [-0.39, 0.29) is 44.5 Å². The van der Waals surface area contributed by atoms with Crippen molar-refractivity contribution in [3.05, 3.63) is 28.9 Å². The molecule has 0 saturated carbocycles. The van der Waals surface area contributed by atoms with Crippen molar-refractivity contribution in [2.75, 3.05) is 13.2 Å². The largest absolute Gasteiger partial charge is 0.507 e. The van der Waals surface area contributed by atoms with Crippen LogP contribution >= 0.6 is 0 Å². The number of benzene rings is 3. The van der Waals surface area contributed by atoms with Gasteiger partial charge in [0, 0.05) is 18.9 Å². The van der Waals surface area contributed by atoms with Crippen LogP contribution in [-0.2, 0) is 4.74 Å². The lowest BCUT2D eigenvalue weighted by atomic mass is 9.98. The minimum atomic E-state index is -0.723. The summed E-state index contributed by atoms with van der Waals surface area (Å²) in [4.78, 5) is 9.33. The van der Waals surface area contributed by atoms with Gasteiger partial charge in [0.2, 0.25) is 0 Å². The van der Waals surface area contributed by atoms with Crippen LogP contribution in [-0.4, -0.2) is 44.4 Å². The Hall–Kier alpha value is -3.26. The number of aromatic hydroxyl groups is 5. The van der Waals surface area contributed by atoms with Gasteiger partial charge in [-0.25, -0.2) is 0 Å². The molecule has 1 spiro atoms. The van der Waals surface area contributed by atoms with Gasteiger partial charge in [-0.15, -0.1) is 0 Å². The summed E-state index contributed by atoms with van der Waals surface area (Å²) in [6.07, 6.45) is 1.13. The fraction of sp³-hybridized carbons (Fsp3) is 0.263. The van der Waals surface area contributed by atoms with Crippen LogP contribution in [0.1, 0.15) is 12.8 Å². The maximum absolute atomic E-state index is 10.9. The molecule has 1 saturated heterocycles. The van der Waals surface area contributed by atoms with E-state index in [1.807, 2.05) is 0 Å². The van der Waals surface area contributed by atoms with E-state index in [4.69, 9.17) is 9.73 Å². The Balaban J connectivity index is 2.01. The topological polar surface area (TPSA) is 135 Å². The SMILES string of the molecule is Oc1ccc(O)c2c(O)c3c4c(cc(O)c3c(O)c12)=NC1(CCOCC1)N=4. The molecule has 8 nitrogen and oxygen atoms in total. The lowest BCUT2D eigenvalue weighted by Gasteiger charge is -2.27. The van der Waals surface area contributed by atoms with E-state index >= 15 is 0 Å². The molecule has 0 radical (unpaired) electrons. The molecule has 0 aliphatic carbocycles. The van der Waals surface area contributed by atoms with Crippen LogP contribution in [0.4, 0.5) is 0 Å². The lowest BCUT2D eigenvalue weighted by Crippen LogP contribution is -2.31. The van der Waals surface area contributed by atoms with Crippen molar-refractivity contribution in [3.8, 4) is 28.7 Å². The zero-order valence-corrected chi connectivity index (χ0v) is 14.1. The Morgan fingerprint density at radius 2 is 1.30 bits per heavy atom. The van der Waals surface area contributed by atoms with Crippen molar-refractivity contribution in [3.63, 3.8) is 0 Å². The Labute approximate surface area is 151 Å². The van der Waals surface area contributed by atoms with E-state index in [0.717, 1.165) is 0 Å². The molecule has 0 amide bonds. The number of rotatable bonds is 0. The second-order valence-corrected chi connectivity index (χ2v) is 6.88. The molecule has 0 atom stereocenters. The second-order valence-electron chi connectivity index (χ2n) is 6.88. The molecule has 5 N–H and O–H groups in total. The quantitative estimate of drug-likeness (QED) is 0.300. The summed E-state index contributed by atoms with van der Waals surface area (Å²) < 4.78 is 5.38. The smallest absolute Gasteiger partial charge is 0.156 e. The third-order valence-corrected chi connectivity index (χ3v) is 5.31. The Morgan fingerprint density at radius 3 is 1.93 bits per heavy atom. The van der Waals surface area contributed by atoms with Gasteiger partial charge >= 0.3 is 0 Å². The third-order valence-electron chi connectivity index (χ3n) is 5.31. The third kappa shape index (κ3) is 2.01. The fourth-order valence-electron chi connectivity index (χ4n) is 4.00. The summed E-state index contributed by atoms with van der Waals surface area (Å²) in [6.45, 7) is 0.999. The monoisotopic (exact) mass is 368 g/mol. The molecular weight excluding hydrogens is 352 g/mol. The summed E-state index contributed by atoms with van der Waals surface area (Å²) in [5.74, 6) is -1.79. The van der Waals surface area contributed by atoms with Gasteiger partial charge < -0.3 is 30.3 Å². The highest BCUT2D eigenvalue weighted by Crippen LogP contribution is 2.49. The van der Waals surface area contributed by atoms with Crippen LogP contribution in [0.3, 0.4) is 0 Å². The van der Waals surface area contributed by atoms with Crippen LogP contribution < -0.4 is 10.7 Å². The maximum Gasteiger partial charge on any atom is 0.156 e. The van der Waals surface area contributed by atoms with Crippen molar-refractivity contribution >= 4 is 21.5 Å². The summed E-state index contributed by atoms with van der Waals surface area (Å²) in [5.41, 5.74) is -0.723. The molecule has 8 heteroatoms. The predicted molar refractivity (Wildman–Crippen MR) is 94.9 cm³/mol. The van der Waals surface area contributed by atoms with E-state index in [9.17, 15) is 25.5 Å². The highest BCUT2D eigenvalue weighted by atomic mass is 16.5. The Kier molecular flexibility index (Phi) is 3.04. The van der Waals surface area contributed by atoms with E-state index < -0.39 is 11.4 Å². The van der Waals surface area contributed by atoms with Crippen LogP contribution in [0.2, 0.25) is 0 Å². The molecule has 0 bridgehead atoms. The Bertz CT molecular complexity index is 1260. The molecule has 1 fully saturated rings. The fourth-order valence-corrected chi connectivity index (χ4v) is 4.00. The standard InChI is InChI=1S/C19H16N2O6/c22-9-1-2-10(23)13-12(9)17(25)14-11(24)7-8-16(15(14)18(13)26)21-19(20-8)3-5-27-6-4-19/h1-2,7,22-26H,3-6H2. The second kappa shape index (κ2) is 5.14. The molecule has 0 unspecified atom stereocenters. The first kappa shape index (κ1) is 16.0. The molecule has 2 aliphatic rings. The Morgan fingerprint density at radius 1 is 0.741 bits per heavy atom. The minimum Gasteiger partial charge on any atom is -0.507 e. The molecule has 5 rings (SSSR count). The van der Waals surface area contributed by atoms with Crippen molar-refractivity contribution < 1.29 is 30.3 Å². The average molecular weight is 368 g/mol. The highest BCUT2D eigenvalue weighted by Gasteiger charge is 2.35. The molecule has 3 aromatic rings. The number of phenols is 5. The van der Waals surface area contributed by atoms with Crippen LogP contribution in [0.15, 0.2) is 28.2 Å². The number of hydrogen-bond acceptors (Lipinski definition) is 8. The van der Waals surface area contributed by atoms with Crippen LogP contribution in [0.5, 0.6) is 28.7 Å². The lowest BCUT2D eigenvalue weighted by molar-refractivity contribution is 0.0566. The van der Waals surface area contributed by atoms with Crippen molar-refractivity contribution in [2.45, 2.75) is 18.5 Å². The van der Waals surface area contributed by atoms with Crippen LogP contribution in [0, 0.1) is 0 Å². The van der Waals surface area contributed by atoms with Gasteiger partial charge in [-0.05, 0) is 12.1 Å². The molecule has 2 heterocycles. The van der Waals surface area contributed by atoms with Gasteiger partial charge in [0.05, 0.1) is 45.5 Å². The van der Waals surface area contributed by atoms with E-state index in [1.54, 1.807) is 0 Å². The first-order valence-electron chi connectivity index (χ1n) is 8.53. The van der Waals surface area contributed by atoms with Crippen molar-refractivity contribution in [2.24, 2.45) is 9.98 Å². The first-order chi connectivity index (χ1) is 12.9. The molecule has 138 valence electrons. The number of nitrogens with zero attached hydrogens (tertiary/aromatic N) is 2. The average Bonchev–Trinajstić information content (AvgIpc) is 2.98. The van der Waals surface area contributed by atoms with Crippen LogP contribution in [0.25, 0.3) is 21.5 Å². The molecule has 27 heavy (non-hydrogen) atoms. The number of hydrogen-bond donors (Lipinski definition) is 5. The summed E-state index contributed by atoms with van der Waals surface area (Å²) in [7, 11) is 0. The first-order valence-corrected chi connectivity index (χ1v) is 8.53. The molecule has 3 aromatic carbocycles. The number of ether oxygens (including phenoxy) is 1. The van der Waals surface area contributed by atoms with E-state index in [2.05, 4.69) is 4.99 Å². The number of fused-ring (bicyclic) bond motifs is 4.